The van der Waals surface area contributed by atoms with Crippen LogP contribution >= 0.6 is 11.6 Å². The van der Waals surface area contributed by atoms with Gasteiger partial charge < -0.3 is 5.32 Å². The lowest BCUT2D eigenvalue weighted by molar-refractivity contribution is -0.126. The third kappa shape index (κ3) is 1.94. The van der Waals surface area contributed by atoms with E-state index >= 15 is 0 Å². The zero-order valence-corrected chi connectivity index (χ0v) is 9.70. The Balaban J connectivity index is 1.69. The quantitative estimate of drug-likeness (QED) is 0.838. The minimum atomic E-state index is 0.157. The van der Waals surface area contributed by atoms with Crippen molar-refractivity contribution in [3.63, 3.8) is 0 Å². The van der Waals surface area contributed by atoms with Gasteiger partial charge >= 0.3 is 0 Å². The van der Waals surface area contributed by atoms with Crippen LogP contribution in [0.15, 0.2) is 24.3 Å². The lowest BCUT2D eigenvalue weighted by atomic mass is 9.91. The molecule has 1 aliphatic carbocycles. The highest BCUT2D eigenvalue weighted by Crippen LogP contribution is 2.40. The maximum Gasteiger partial charge on any atom is 0.223 e. The van der Waals surface area contributed by atoms with Crippen LogP contribution in [0, 0.1) is 11.8 Å². The third-order valence-corrected chi connectivity index (χ3v) is 3.86. The average molecular weight is 236 g/mol. The molecule has 2 nitrogen and oxygen atoms in total. The van der Waals surface area contributed by atoms with E-state index in [1.807, 2.05) is 24.3 Å². The standard InChI is InChI=1S/C13H14ClNO/c14-11-3-1-8(2-4-11)5-10-6-9-7-12(9)15-13(10)16/h1-4,9-10,12H,5-7H2,(H,15,16). The molecule has 1 aromatic rings. The summed E-state index contributed by atoms with van der Waals surface area (Å²) in [5.41, 5.74) is 1.20. The Labute approximate surface area is 100.0 Å². The first-order valence-corrected chi connectivity index (χ1v) is 6.15. The maximum atomic E-state index is 11.8. The molecule has 2 fully saturated rings. The van der Waals surface area contributed by atoms with Gasteiger partial charge in [-0.15, -0.1) is 0 Å². The molecule has 1 amide bonds. The number of hydrogen-bond donors (Lipinski definition) is 1. The topological polar surface area (TPSA) is 29.1 Å². The summed E-state index contributed by atoms with van der Waals surface area (Å²) < 4.78 is 0. The van der Waals surface area contributed by atoms with Gasteiger partial charge in [-0.25, -0.2) is 0 Å². The largest absolute Gasteiger partial charge is 0.353 e. The fourth-order valence-corrected chi connectivity index (χ4v) is 2.66. The molecule has 0 aromatic heterocycles. The predicted molar refractivity (Wildman–Crippen MR) is 63.3 cm³/mol. The maximum absolute atomic E-state index is 11.8. The zero-order valence-electron chi connectivity index (χ0n) is 8.95. The van der Waals surface area contributed by atoms with Gasteiger partial charge in [0.15, 0.2) is 0 Å². The van der Waals surface area contributed by atoms with Gasteiger partial charge in [0.25, 0.3) is 0 Å². The van der Waals surface area contributed by atoms with Crippen molar-refractivity contribution in [2.45, 2.75) is 25.3 Å². The van der Waals surface area contributed by atoms with Crippen molar-refractivity contribution in [1.29, 1.82) is 0 Å². The molecule has 16 heavy (non-hydrogen) atoms. The Morgan fingerprint density at radius 2 is 2.00 bits per heavy atom. The van der Waals surface area contributed by atoms with Crippen LogP contribution in [0.4, 0.5) is 0 Å². The zero-order chi connectivity index (χ0) is 11.1. The van der Waals surface area contributed by atoms with Crippen LogP contribution in [-0.2, 0) is 11.2 Å². The Kier molecular flexibility index (Phi) is 2.40. The van der Waals surface area contributed by atoms with E-state index in [9.17, 15) is 4.79 Å². The smallest absolute Gasteiger partial charge is 0.223 e. The highest BCUT2D eigenvalue weighted by atomic mass is 35.5. The summed E-state index contributed by atoms with van der Waals surface area (Å²) >= 11 is 5.83. The van der Waals surface area contributed by atoms with Gasteiger partial charge in [-0.05, 0) is 42.9 Å². The summed E-state index contributed by atoms with van der Waals surface area (Å²) in [5.74, 6) is 1.13. The molecular formula is C13H14ClNO. The van der Waals surface area contributed by atoms with Crippen molar-refractivity contribution in [2.75, 3.05) is 0 Å². The molecule has 3 rings (SSSR count). The molecule has 3 heteroatoms. The molecule has 1 saturated carbocycles. The van der Waals surface area contributed by atoms with Crippen molar-refractivity contribution in [1.82, 2.24) is 5.32 Å². The Bertz CT molecular complexity index is 414. The second kappa shape index (κ2) is 3.77. The summed E-state index contributed by atoms with van der Waals surface area (Å²) in [7, 11) is 0. The lowest BCUT2D eigenvalue weighted by Crippen LogP contribution is -2.38. The summed E-state index contributed by atoms with van der Waals surface area (Å²) in [4.78, 5) is 11.8. The average Bonchev–Trinajstić information content (AvgIpc) is 3.00. The van der Waals surface area contributed by atoms with Gasteiger partial charge in [-0.2, -0.15) is 0 Å². The lowest BCUT2D eigenvalue weighted by Gasteiger charge is -2.21. The van der Waals surface area contributed by atoms with Gasteiger partial charge in [-0.1, -0.05) is 23.7 Å². The molecular weight excluding hydrogens is 222 g/mol. The molecule has 2 aliphatic rings. The van der Waals surface area contributed by atoms with Crippen molar-refractivity contribution in [2.24, 2.45) is 11.8 Å². The van der Waals surface area contributed by atoms with Crippen LogP contribution in [0.1, 0.15) is 18.4 Å². The van der Waals surface area contributed by atoms with E-state index in [0.29, 0.717) is 6.04 Å². The third-order valence-electron chi connectivity index (χ3n) is 3.60. The first-order valence-electron chi connectivity index (χ1n) is 5.77. The van der Waals surface area contributed by atoms with Gasteiger partial charge in [-0.3, -0.25) is 4.79 Å². The Hall–Kier alpha value is -1.02. The molecule has 0 spiro atoms. The van der Waals surface area contributed by atoms with Gasteiger partial charge in [0.2, 0.25) is 5.91 Å². The van der Waals surface area contributed by atoms with Gasteiger partial charge in [0.1, 0.15) is 0 Å². The van der Waals surface area contributed by atoms with Crippen LogP contribution in [0.3, 0.4) is 0 Å². The number of carbonyl (C=O) groups excluding carboxylic acids is 1. The summed E-state index contributed by atoms with van der Waals surface area (Å²) in [6.07, 6.45) is 3.08. The van der Waals surface area contributed by atoms with E-state index in [1.165, 1.54) is 12.0 Å². The Morgan fingerprint density at radius 1 is 1.25 bits per heavy atom. The number of benzene rings is 1. The summed E-state index contributed by atoms with van der Waals surface area (Å²) in [5, 5.41) is 3.82. The number of piperidine rings is 1. The highest BCUT2D eigenvalue weighted by Gasteiger charge is 2.45. The van der Waals surface area contributed by atoms with E-state index in [0.717, 1.165) is 23.8 Å². The molecule has 1 saturated heterocycles. The van der Waals surface area contributed by atoms with E-state index in [-0.39, 0.29) is 11.8 Å². The second-order valence-corrected chi connectivity index (χ2v) is 5.31. The number of nitrogens with one attached hydrogen (secondary N) is 1. The first kappa shape index (κ1) is 10.2. The number of amides is 1. The molecule has 0 radical (unpaired) electrons. The highest BCUT2D eigenvalue weighted by molar-refractivity contribution is 6.30. The second-order valence-electron chi connectivity index (χ2n) is 4.87. The normalized spacial score (nSPS) is 31.8. The van der Waals surface area contributed by atoms with Crippen LogP contribution in [0.2, 0.25) is 5.02 Å². The van der Waals surface area contributed by atoms with Gasteiger partial charge in [0.05, 0.1) is 0 Å². The monoisotopic (exact) mass is 235 g/mol. The summed E-state index contributed by atoms with van der Waals surface area (Å²) in [6.45, 7) is 0. The van der Waals surface area contributed by atoms with Crippen LogP contribution in [0.5, 0.6) is 0 Å². The summed E-state index contributed by atoms with van der Waals surface area (Å²) in [6, 6.07) is 8.28. The van der Waals surface area contributed by atoms with E-state index in [2.05, 4.69) is 5.32 Å². The van der Waals surface area contributed by atoms with Crippen LogP contribution in [0.25, 0.3) is 0 Å². The van der Waals surface area contributed by atoms with Crippen molar-refractivity contribution >= 4 is 17.5 Å². The molecule has 1 N–H and O–H groups in total. The van der Waals surface area contributed by atoms with Crippen molar-refractivity contribution in [3.8, 4) is 0 Å². The van der Waals surface area contributed by atoms with Crippen LogP contribution in [-0.4, -0.2) is 11.9 Å². The molecule has 1 heterocycles. The van der Waals surface area contributed by atoms with Gasteiger partial charge in [0, 0.05) is 17.0 Å². The van der Waals surface area contributed by atoms with E-state index in [1.54, 1.807) is 0 Å². The van der Waals surface area contributed by atoms with E-state index in [4.69, 9.17) is 11.6 Å². The van der Waals surface area contributed by atoms with Crippen LogP contribution < -0.4 is 5.32 Å². The molecule has 1 aliphatic heterocycles. The fraction of sp³-hybridized carbons (Fsp3) is 0.462. The molecule has 1 aromatic carbocycles. The van der Waals surface area contributed by atoms with Crippen molar-refractivity contribution < 1.29 is 4.79 Å². The molecule has 0 bridgehead atoms. The Morgan fingerprint density at radius 3 is 2.75 bits per heavy atom. The SMILES string of the molecule is O=C1NC2CC2CC1Cc1ccc(Cl)cc1. The van der Waals surface area contributed by atoms with Crippen molar-refractivity contribution in [3.05, 3.63) is 34.9 Å². The molecule has 84 valence electrons. The molecule has 3 atom stereocenters. The predicted octanol–water partition coefficient (Wildman–Crippen LogP) is 2.41. The molecule has 3 unspecified atom stereocenters. The minimum absolute atomic E-state index is 0.157. The van der Waals surface area contributed by atoms with E-state index < -0.39 is 0 Å². The first-order chi connectivity index (χ1) is 7.72. The number of halogens is 1. The number of carbonyl (C=O) groups is 1. The minimum Gasteiger partial charge on any atom is -0.353 e. The number of rotatable bonds is 2. The number of fused-ring (bicyclic) bond motifs is 1. The number of hydrogen-bond acceptors (Lipinski definition) is 1. The fourth-order valence-electron chi connectivity index (χ4n) is 2.54.